The van der Waals surface area contributed by atoms with Crippen LogP contribution in [0.25, 0.3) is 0 Å². The minimum absolute atomic E-state index is 0.0452. The van der Waals surface area contributed by atoms with E-state index in [1.165, 1.54) is 0 Å². The molecular weight excluding hydrogens is 716 g/mol. The largest absolute Gasteiger partial charge is 0.458 e. The van der Waals surface area contributed by atoms with Gasteiger partial charge >= 0.3 is 5.97 Å². The molecule has 21 atom stereocenters. The van der Waals surface area contributed by atoms with Gasteiger partial charge in [-0.3, -0.25) is 0 Å². The van der Waals surface area contributed by atoms with Crippen molar-refractivity contribution in [2.24, 2.45) is 34.5 Å². The van der Waals surface area contributed by atoms with E-state index in [4.69, 9.17) is 33.2 Å². The molecule has 0 bridgehead atoms. The molecule has 0 spiro atoms. The van der Waals surface area contributed by atoms with Gasteiger partial charge in [-0.2, -0.15) is 0 Å². The maximum absolute atomic E-state index is 12.6. The van der Waals surface area contributed by atoms with E-state index in [1.807, 2.05) is 13.8 Å². The van der Waals surface area contributed by atoms with Crippen LogP contribution < -0.4 is 0 Å². The van der Waals surface area contributed by atoms with Gasteiger partial charge in [0.25, 0.3) is 0 Å². The second-order valence-electron chi connectivity index (χ2n) is 18.8. The highest BCUT2D eigenvalue weighted by molar-refractivity contribution is 5.85. The summed E-state index contributed by atoms with van der Waals surface area (Å²) in [6.45, 7) is 9.90. The number of rotatable bonds is 7. The van der Waals surface area contributed by atoms with Gasteiger partial charge in [0.1, 0.15) is 24.9 Å². The molecule has 0 radical (unpaired) electrons. The van der Waals surface area contributed by atoms with Crippen LogP contribution in [0.4, 0.5) is 0 Å². The van der Waals surface area contributed by atoms with E-state index in [0.717, 1.165) is 44.1 Å². The Kier molecular flexibility index (Phi) is 11.1. The quantitative estimate of drug-likeness (QED) is 0.162. The van der Waals surface area contributed by atoms with Crippen LogP contribution in [0.1, 0.15) is 105 Å². The second kappa shape index (κ2) is 15.1. The Morgan fingerprint density at radius 2 is 1.29 bits per heavy atom. The van der Waals surface area contributed by atoms with Crippen LogP contribution >= 0.6 is 0 Å². The average molecular weight is 781 g/mol. The fourth-order valence-corrected chi connectivity index (χ4v) is 12.8. The zero-order valence-corrected chi connectivity index (χ0v) is 32.9. The Labute approximate surface area is 323 Å². The molecule has 4 aliphatic heterocycles. The molecule has 8 aliphatic rings. The van der Waals surface area contributed by atoms with Crippen LogP contribution in [0.5, 0.6) is 0 Å². The smallest absolute Gasteiger partial charge is 0.331 e. The van der Waals surface area contributed by atoms with Gasteiger partial charge in [0.2, 0.25) is 0 Å². The monoisotopic (exact) mass is 780 g/mol. The van der Waals surface area contributed by atoms with Gasteiger partial charge in [0, 0.05) is 30.8 Å². The molecule has 0 amide bonds. The highest BCUT2D eigenvalue weighted by Crippen LogP contribution is 2.70. The van der Waals surface area contributed by atoms with E-state index in [2.05, 4.69) is 6.92 Å². The highest BCUT2D eigenvalue weighted by Gasteiger charge is 2.71. The summed E-state index contributed by atoms with van der Waals surface area (Å²) in [7, 11) is 0. The van der Waals surface area contributed by atoms with Gasteiger partial charge in [0.05, 0.1) is 54.4 Å². The zero-order valence-electron chi connectivity index (χ0n) is 32.9. The molecular formula is C41H64O14. The normalized spacial score (nSPS) is 55.5. The number of fused-ring (bicyclic) bond motifs is 5. The average Bonchev–Trinajstić information content (AvgIpc) is 3.67. The summed E-state index contributed by atoms with van der Waals surface area (Å²) in [5, 5.41) is 66.9. The Hall–Kier alpha value is -1.27. The van der Waals surface area contributed by atoms with E-state index in [9.17, 15) is 35.4 Å². The first kappa shape index (κ1) is 40.5. The molecule has 14 heteroatoms. The van der Waals surface area contributed by atoms with Crippen molar-refractivity contribution in [3.05, 3.63) is 11.6 Å². The predicted molar refractivity (Wildman–Crippen MR) is 193 cm³/mol. The summed E-state index contributed by atoms with van der Waals surface area (Å²) in [5.74, 6) is 0.204. The van der Waals surface area contributed by atoms with Crippen molar-refractivity contribution >= 4 is 5.97 Å². The van der Waals surface area contributed by atoms with E-state index in [0.29, 0.717) is 18.8 Å². The van der Waals surface area contributed by atoms with Crippen LogP contribution in [0.3, 0.4) is 0 Å². The summed E-state index contributed by atoms with van der Waals surface area (Å²) >= 11 is 0. The minimum Gasteiger partial charge on any atom is -0.458 e. The molecule has 0 aromatic heterocycles. The molecule has 1 unspecified atom stereocenters. The fourth-order valence-electron chi connectivity index (χ4n) is 12.8. The van der Waals surface area contributed by atoms with Crippen molar-refractivity contribution in [3.8, 4) is 0 Å². The molecule has 0 aromatic carbocycles. The van der Waals surface area contributed by atoms with Crippen LogP contribution in [-0.4, -0.2) is 135 Å². The Bertz CT molecular complexity index is 1410. The van der Waals surface area contributed by atoms with Crippen LogP contribution in [0, 0.1) is 34.5 Å². The maximum Gasteiger partial charge on any atom is 0.331 e. The molecule has 3 saturated heterocycles. The number of carbonyl (C=O) groups is 1. The maximum atomic E-state index is 12.6. The summed E-state index contributed by atoms with van der Waals surface area (Å²) in [5.41, 5.74) is -0.892. The van der Waals surface area contributed by atoms with Crippen LogP contribution in [0.2, 0.25) is 0 Å². The number of hydrogen-bond donors (Lipinski definition) is 6. The molecule has 14 nitrogen and oxygen atoms in total. The Morgan fingerprint density at radius 1 is 0.691 bits per heavy atom. The SMILES string of the molecule is C[C@H]1OC(O[C@H]2[C@@H](O)C[C@H](O[C@H]3[C@@H](O)C[C@H](O[C@H]4CC[C@@]5(C)[C@H](CC[C@@H]6[C@@H]5C[C@@H](O)[C@]5(C)[C@@H](C7=CC(=O)OC7)CC[C@]65O)C4)O[C@@H]3C)O[C@@H]2C)C[C@H](O)[C@@H]1O. The highest BCUT2D eigenvalue weighted by atomic mass is 16.7. The van der Waals surface area contributed by atoms with Crippen LogP contribution in [-0.2, 0) is 38.0 Å². The number of cyclic esters (lactones) is 1. The van der Waals surface area contributed by atoms with Crippen molar-refractivity contribution < 1.29 is 68.6 Å². The Balaban J connectivity index is 0.837. The van der Waals surface area contributed by atoms with E-state index in [1.54, 1.807) is 19.9 Å². The van der Waals surface area contributed by atoms with Crippen molar-refractivity contribution in [1.82, 2.24) is 0 Å². The number of aliphatic hydroxyl groups excluding tert-OH is 5. The van der Waals surface area contributed by atoms with E-state index < -0.39 is 90.9 Å². The standard InChI is InChI=1S/C41H64O14/c1-19-36(47)28(42)15-34(50-19)54-38-21(3)52-35(17-30(38)44)55-37-20(2)51-33(16-29(37)43)53-24-8-10-39(4)23(13-24)6-7-26-27(39)14-31(45)40(5)25(9-11-41(26,40)48)22-12-32(46)49-18-22/h12,19-21,23-31,33-38,42-45,47-48H,6-11,13-18H2,1-5H3/t19-,20-,21-,23-,24+,25-,26-,27+,28+,29+,30+,31-,33+,34?,35+,36-,37-,38-,39+,40+,41+/m1/s1. The van der Waals surface area contributed by atoms with Crippen molar-refractivity contribution in [1.29, 1.82) is 0 Å². The molecule has 4 heterocycles. The molecule has 312 valence electrons. The first-order chi connectivity index (χ1) is 26.0. The lowest BCUT2D eigenvalue weighted by atomic mass is 9.42. The van der Waals surface area contributed by atoms with Crippen molar-refractivity contribution in [2.45, 2.75) is 197 Å². The third-order valence-electron chi connectivity index (χ3n) is 16.0. The molecule has 4 aliphatic carbocycles. The van der Waals surface area contributed by atoms with Crippen molar-refractivity contribution in [2.75, 3.05) is 6.61 Å². The number of ether oxygens (including phenoxy) is 7. The predicted octanol–water partition coefficient (Wildman–Crippen LogP) is 2.22. The fraction of sp³-hybridized carbons (Fsp3) is 0.927. The summed E-state index contributed by atoms with van der Waals surface area (Å²) in [4.78, 5) is 11.9. The number of hydrogen-bond acceptors (Lipinski definition) is 14. The molecule has 55 heavy (non-hydrogen) atoms. The lowest BCUT2D eigenvalue weighted by Gasteiger charge is -2.65. The van der Waals surface area contributed by atoms with Gasteiger partial charge in [-0.15, -0.1) is 0 Å². The second-order valence-corrected chi connectivity index (χ2v) is 18.8. The topological polar surface area (TPSA) is 203 Å². The van der Waals surface area contributed by atoms with Gasteiger partial charge in [-0.1, -0.05) is 13.8 Å². The third kappa shape index (κ3) is 6.95. The molecule has 8 rings (SSSR count). The summed E-state index contributed by atoms with van der Waals surface area (Å²) < 4.78 is 42.1. The lowest BCUT2D eigenvalue weighted by molar-refractivity contribution is -0.336. The van der Waals surface area contributed by atoms with Gasteiger partial charge in [-0.25, -0.2) is 4.79 Å². The number of carbonyl (C=O) groups excluding carboxylic acids is 1. The minimum atomic E-state index is -1.01. The van der Waals surface area contributed by atoms with Gasteiger partial charge < -0.3 is 63.8 Å². The molecule has 7 fully saturated rings. The zero-order chi connectivity index (χ0) is 39.2. The van der Waals surface area contributed by atoms with Crippen LogP contribution in [0.15, 0.2) is 11.6 Å². The van der Waals surface area contributed by atoms with E-state index >= 15 is 0 Å². The van der Waals surface area contributed by atoms with Gasteiger partial charge in [-0.05, 0) is 107 Å². The number of aliphatic hydroxyl groups is 6. The first-order valence-corrected chi connectivity index (χ1v) is 20.9. The van der Waals surface area contributed by atoms with E-state index in [-0.39, 0.29) is 61.1 Å². The van der Waals surface area contributed by atoms with Crippen molar-refractivity contribution in [3.63, 3.8) is 0 Å². The molecule has 6 N–H and O–H groups in total. The molecule has 4 saturated carbocycles. The summed E-state index contributed by atoms with van der Waals surface area (Å²) in [6.07, 6.45) is -1.51. The third-order valence-corrected chi connectivity index (χ3v) is 16.0. The lowest BCUT2D eigenvalue weighted by Crippen LogP contribution is -2.67. The molecule has 0 aromatic rings. The Morgan fingerprint density at radius 3 is 1.87 bits per heavy atom. The number of esters is 1. The first-order valence-electron chi connectivity index (χ1n) is 20.9. The van der Waals surface area contributed by atoms with Gasteiger partial charge in [0.15, 0.2) is 18.9 Å². The summed E-state index contributed by atoms with van der Waals surface area (Å²) in [6, 6.07) is 0.